The van der Waals surface area contributed by atoms with Crippen molar-refractivity contribution >= 4 is 39.6 Å². The van der Waals surface area contributed by atoms with E-state index < -0.39 is 18.1 Å². The summed E-state index contributed by atoms with van der Waals surface area (Å²) in [6.07, 6.45) is -0.129. The molecular weight excluding hydrogens is 529 g/mol. The number of unbranched alkanes of at least 4 members (excludes halogenated alkanes) is 1. The zero-order chi connectivity index (χ0) is 27.2. The molecule has 0 spiro atoms. The lowest BCUT2D eigenvalue weighted by Crippen LogP contribution is -2.27. The predicted octanol–water partition coefficient (Wildman–Crippen LogP) is 7.63. The predicted molar refractivity (Wildman–Crippen MR) is 149 cm³/mol. The van der Waals surface area contributed by atoms with E-state index in [1.165, 1.54) is 17.4 Å². The number of nitrogens with zero attached hydrogens (tertiary/aromatic N) is 1. The molecule has 0 unspecified atom stereocenters. The largest absolute Gasteiger partial charge is 0.494 e. The molecule has 1 aliphatic rings. The second-order valence-corrected chi connectivity index (χ2v) is 11.2. The average molecular weight is 559 g/mol. The van der Waals surface area contributed by atoms with Crippen LogP contribution in [0.1, 0.15) is 37.3 Å². The Hall–Kier alpha value is -2.88. The average Bonchev–Trinajstić information content (AvgIpc) is 3.45. The minimum absolute atomic E-state index is 0.524. The number of benzene rings is 3. The number of halogens is 3. The van der Waals surface area contributed by atoms with Gasteiger partial charge in [-0.1, -0.05) is 66.7 Å². The smallest absolute Gasteiger partial charge is 0.400 e. The first-order valence-electron chi connectivity index (χ1n) is 12.4. The molecule has 0 fully saturated rings. The third-order valence-electron chi connectivity index (χ3n) is 6.38. The number of rotatable bonds is 9. The summed E-state index contributed by atoms with van der Waals surface area (Å²) in [5, 5.41) is 0. The lowest BCUT2D eigenvalue weighted by molar-refractivity contribution is -0.118. The number of ether oxygens (including phenoxy) is 1. The summed E-state index contributed by atoms with van der Waals surface area (Å²) in [6.45, 7) is 1.44. The highest BCUT2D eigenvalue weighted by atomic mass is 32.2. The van der Waals surface area contributed by atoms with E-state index in [1.807, 2.05) is 31.2 Å². The molecule has 0 bridgehead atoms. The van der Waals surface area contributed by atoms with Crippen molar-refractivity contribution in [3.63, 3.8) is 0 Å². The molecule has 38 heavy (non-hydrogen) atoms. The number of thioether (sulfide) groups is 1. The van der Waals surface area contributed by atoms with E-state index in [0.29, 0.717) is 6.61 Å². The Balaban J connectivity index is 0.000000505. The fourth-order valence-corrected chi connectivity index (χ4v) is 6.85. The Bertz CT molecular complexity index is 1340. The number of carbonyl (C=O) groups is 1. The highest BCUT2D eigenvalue weighted by Gasteiger charge is 2.42. The van der Waals surface area contributed by atoms with Crippen molar-refractivity contribution in [2.75, 3.05) is 18.9 Å². The van der Waals surface area contributed by atoms with E-state index in [2.05, 4.69) is 48.2 Å². The molecule has 1 aliphatic carbocycles. The standard InChI is InChI=1S/C27H25NO2S2.C2H4F3N/c1-2-30-19-13-14-24-25(17-19)32-26(28-24)31-16-8-7-15-27(18-29)22-11-5-3-9-20(22)21-10-4-6-12-23(21)27;3-2(4,5)1-6/h3-6,9-14,17-18H,2,7-8,15-16H2,1H3;1,6H2. The van der Waals surface area contributed by atoms with Gasteiger partial charge in [-0.25, -0.2) is 4.98 Å². The van der Waals surface area contributed by atoms with Crippen molar-refractivity contribution in [1.29, 1.82) is 0 Å². The summed E-state index contributed by atoms with van der Waals surface area (Å²) < 4.78 is 39.8. The van der Waals surface area contributed by atoms with E-state index >= 15 is 0 Å². The SMILES string of the molecule is CCOc1ccc2nc(SCCCCC3(C=O)c4ccccc4-c4ccccc43)sc2c1.NCC(F)(F)F. The zero-order valence-electron chi connectivity index (χ0n) is 21.0. The maximum absolute atomic E-state index is 12.5. The van der Waals surface area contributed by atoms with Crippen LogP contribution in [0.25, 0.3) is 21.3 Å². The van der Waals surface area contributed by atoms with Crippen LogP contribution in [-0.4, -0.2) is 36.4 Å². The maximum atomic E-state index is 12.5. The van der Waals surface area contributed by atoms with Gasteiger partial charge in [0.25, 0.3) is 0 Å². The molecule has 200 valence electrons. The van der Waals surface area contributed by atoms with Crippen molar-refractivity contribution in [2.24, 2.45) is 5.73 Å². The van der Waals surface area contributed by atoms with E-state index in [9.17, 15) is 18.0 Å². The van der Waals surface area contributed by atoms with Crippen LogP contribution in [0.15, 0.2) is 71.1 Å². The first kappa shape index (κ1) is 28.1. The van der Waals surface area contributed by atoms with Crippen LogP contribution in [0, 0.1) is 0 Å². The van der Waals surface area contributed by atoms with Crippen molar-refractivity contribution in [3.05, 3.63) is 77.9 Å². The summed E-state index contributed by atoms with van der Waals surface area (Å²) in [6, 6.07) is 22.8. The van der Waals surface area contributed by atoms with Gasteiger partial charge in [-0.05, 0) is 60.2 Å². The van der Waals surface area contributed by atoms with Gasteiger partial charge in [-0.15, -0.1) is 11.3 Å². The number of alkyl halides is 3. The van der Waals surface area contributed by atoms with E-state index in [1.54, 1.807) is 23.1 Å². The van der Waals surface area contributed by atoms with E-state index in [-0.39, 0.29) is 0 Å². The van der Waals surface area contributed by atoms with Gasteiger partial charge in [0.15, 0.2) is 4.34 Å². The highest BCUT2D eigenvalue weighted by molar-refractivity contribution is 8.01. The van der Waals surface area contributed by atoms with Gasteiger partial charge in [0.05, 0.1) is 28.8 Å². The lowest BCUT2D eigenvalue weighted by Gasteiger charge is -2.25. The summed E-state index contributed by atoms with van der Waals surface area (Å²) >= 11 is 3.53. The number of nitrogens with two attached hydrogens (primary N) is 1. The molecule has 0 saturated carbocycles. The number of aldehydes is 1. The quantitative estimate of drug-likeness (QED) is 0.130. The molecule has 0 aliphatic heterocycles. The summed E-state index contributed by atoms with van der Waals surface area (Å²) in [5.41, 5.74) is 9.39. The molecule has 0 radical (unpaired) electrons. The van der Waals surface area contributed by atoms with Crippen LogP contribution in [0.3, 0.4) is 0 Å². The molecule has 1 aromatic heterocycles. The Morgan fingerprint density at radius 3 is 2.24 bits per heavy atom. The van der Waals surface area contributed by atoms with Gasteiger partial charge in [-0.2, -0.15) is 13.2 Å². The Morgan fingerprint density at radius 1 is 1.03 bits per heavy atom. The van der Waals surface area contributed by atoms with Crippen molar-refractivity contribution in [2.45, 2.75) is 42.1 Å². The first-order chi connectivity index (χ1) is 18.3. The van der Waals surface area contributed by atoms with Gasteiger partial charge < -0.3 is 15.3 Å². The molecule has 0 amide bonds. The van der Waals surface area contributed by atoms with Crippen molar-refractivity contribution in [3.8, 4) is 16.9 Å². The lowest BCUT2D eigenvalue weighted by atomic mass is 9.75. The number of thiazole rings is 1. The summed E-state index contributed by atoms with van der Waals surface area (Å²) in [5.74, 6) is 1.90. The Morgan fingerprint density at radius 2 is 1.66 bits per heavy atom. The number of hydrogen-bond donors (Lipinski definition) is 1. The second kappa shape index (κ2) is 12.3. The van der Waals surface area contributed by atoms with Gasteiger partial charge in [0.1, 0.15) is 12.0 Å². The molecule has 3 aromatic carbocycles. The first-order valence-corrected chi connectivity index (χ1v) is 14.2. The molecular formula is C29H29F3N2O2S2. The Labute approximate surface area is 228 Å². The number of hydrogen-bond acceptors (Lipinski definition) is 6. The zero-order valence-corrected chi connectivity index (χ0v) is 22.6. The molecule has 1 heterocycles. The molecule has 4 aromatic rings. The van der Waals surface area contributed by atoms with Crippen LogP contribution in [0.5, 0.6) is 5.75 Å². The van der Waals surface area contributed by atoms with Crippen LogP contribution < -0.4 is 10.5 Å². The number of fused-ring (bicyclic) bond motifs is 4. The highest BCUT2D eigenvalue weighted by Crippen LogP contribution is 2.50. The normalized spacial score (nSPS) is 13.4. The summed E-state index contributed by atoms with van der Waals surface area (Å²) in [7, 11) is 0. The molecule has 0 saturated heterocycles. The second-order valence-electron chi connectivity index (χ2n) is 8.85. The van der Waals surface area contributed by atoms with E-state index in [4.69, 9.17) is 9.72 Å². The fourth-order valence-electron chi connectivity index (χ4n) is 4.68. The molecule has 5 rings (SSSR count). The number of carbonyl (C=O) groups excluding carboxylic acids is 1. The van der Waals surface area contributed by atoms with Gasteiger partial charge in [0, 0.05) is 5.75 Å². The Kier molecular flexibility index (Phi) is 9.12. The van der Waals surface area contributed by atoms with Gasteiger partial charge in [0.2, 0.25) is 0 Å². The van der Waals surface area contributed by atoms with Crippen molar-refractivity contribution in [1.82, 2.24) is 4.98 Å². The maximum Gasteiger partial charge on any atom is 0.400 e. The van der Waals surface area contributed by atoms with Gasteiger partial charge >= 0.3 is 6.18 Å². The molecule has 4 nitrogen and oxygen atoms in total. The van der Waals surface area contributed by atoms with E-state index in [0.717, 1.165) is 56.4 Å². The van der Waals surface area contributed by atoms with Gasteiger partial charge in [-0.3, -0.25) is 0 Å². The fraction of sp³-hybridized carbons (Fsp3) is 0.310. The van der Waals surface area contributed by atoms with Crippen molar-refractivity contribution < 1.29 is 22.7 Å². The third-order valence-corrected chi connectivity index (χ3v) is 8.63. The molecule has 9 heteroatoms. The number of aromatic nitrogens is 1. The third kappa shape index (κ3) is 6.22. The monoisotopic (exact) mass is 558 g/mol. The summed E-state index contributed by atoms with van der Waals surface area (Å²) in [4.78, 5) is 17.2. The van der Waals surface area contributed by atoms with Crippen LogP contribution in [0.4, 0.5) is 13.2 Å². The van der Waals surface area contributed by atoms with Crippen LogP contribution >= 0.6 is 23.1 Å². The molecule has 2 N–H and O–H groups in total. The topological polar surface area (TPSA) is 65.2 Å². The minimum atomic E-state index is -4.18. The molecule has 0 atom stereocenters. The van der Waals surface area contributed by atoms with Crippen LogP contribution in [-0.2, 0) is 10.2 Å². The minimum Gasteiger partial charge on any atom is -0.494 e. The van der Waals surface area contributed by atoms with Crippen LogP contribution in [0.2, 0.25) is 0 Å².